The van der Waals surface area contributed by atoms with Crippen LogP contribution in [0.1, 0.15) is 39.5 Å². The molecule has 2 nitrogen and oxygen atoms in total. The van der Waals surface area contributed by atoms with E-state index in [0.717, 1.165) is 38.9 Å². The molecule has 1 unspecified atom stereocenters. The van der Waals surface area contributed by atoms with Crippen molar-refractivity contribution in [1.29, 1.82) is 0 Å². The second-order valence-corrected chi connectivity index (χ2v) is 7.40. The molecule has 0 spiro atoms. The molecule has 3 rings (SSSR count). The fourth-order valence-corrected chi connectivity index (χ4v) is 4.08. The maximum Gasteiger partial charge on any atom is 0.195 e. The minimum absolute atomic E-state index is 0.111. The van der Waals surface area contributed by atoms with Crippen molar-refractivity contribution < 1.29 is 4.74 Å². The van der Waals surface area contributed by atoms with Crippen LogP contribution in [0.25, 0.3) is 20.2 Å². The summed E-state index contributed by atoms with van der Waals surface area (Å²) in [7, 11) is 0. The molecule has 0 amide bonds. The molecule has 0 radical (unpaired) electrons. The number of unbranched alkanes of at least 4 members (excludes halogenated alkanes) is 1. The molecule has 1 atom stereocenters. The van der Waals surface area contributed by atoms with Crippen molar-refractivity contribution in [2.24, 2.45) is 5.92 Å². The van der Waals surface area contributed by atoms with Crippen LogP contribution in [0.2, 0.25) is 0 Å². The van der Waals surface area contributed by atoms with E-state index in [9.17, 15) is 4.79 Å². The van der Waals surface area contributed by atoms with E-state index < -0.39 is 0 Å². The molecule has 0 saturated carbocycles. The van der Waals surface area contributed by atoms with Gasteiger partial charge in [-0.2, -0.15) is 0 Å². The average Bonchev–Trinajstić information content (AvgIpc) is 2.62. The summed E-state index contributed by atoms with van der Waals surface area (Å²) >= 11 is 1.65. The van der Waals surface area contributed by atoms with E-state index in [2.05, 4.69) is 13.8 Å². The number of fused-ring (bicyclic) bond motifs is 2. The van der Waals surface area contributed by atoms with Gasteiger partial charge in [0.15, 0.2) is 5.43 Å². The largest absolute Gasteiger partial charge is 0.493 e. The van der Waals surface area contributed by atoms with Crippen LogP contribution in [0.3, 0.4) is 0 Å². The summed E-state index contributed by atoms with van der Waals surface area (Å²) in [4.78, 5) is 12.6. The van der Waals surface area contributed by atoms with Crippen molar-refractivity contribution in [1.82, 2.24) is 0 Å². The van der Waals surface area contributed by atoms with Gasteiger partial charge in [-0.25, -0.2) is 0 Å². The molecule has 0 bridgehead atoms. The Morgan fingerprint density at radius 3 is 2.62 bits per heavy atom. The second kappa shape index (κ2) is 7.80. The normalized spacial score (nSPS) is 12.6. The Kier molecular flexibility index (Phi) is 5.52. The monoisotopic (exact) mass is 340 g/mol. The van der Waals surface area contributed by atoms with Crippen molar-refractivity contribution in [2.45, 2.75) is 39.5 Å². The van der Waals surface area contributed by atoms with E-state index >= 15 is 0 Å². The minimum atomic E-state index is 0.111. The van der Waals surface area contributed by atoms with Crippen LogP contribution in [0.4, 0.5) is 0 Å². The predicted octanol–water partition coefficient (Wildman–Crippen LogP) is 6.01. The molecule has 0 fully saturated rings. The smallest absolute Gasteiger partial charge is 0.195 e. The van der Waals surface area contributed by atoms with Crippen molar-refractivity contribution in [2.75, 3.05) is 6.61 Å². The number of ether oxygens (including phenoxy) is 1. The van der Waals surface area contributed by atoms with E-state index in [1.807, 2.05) is 42.5 Å². The van der Waals surface area contributed by atoms with Crippen molar-refractivity contribution >= 4 is 31.5 Å². The topological polar surface area (TPSA) is 26.3 Å². The molecule has 24 heavy (non-hydrogen) atoms. The third-order valence-corrected chi connectivity index (χ3v) is 5.71. The summed E-state index contributed by atoms with van der Waals surface area (Å²) in [6, 6.07) is 13.6. The standard InChI is InChI=1S/C21H24O2S/c1-3-5-8-15(4-2)14-23-16-11-12-18-20(13-16)24-19-10-7-6-9-17(19)21(18)22/h6-7,9-13,15H,3-5,8,14H2,1-2H3. The number of benzene rings is 2. The highest BCUT2D eigenvalue weighted by Crippen LogP contribution is 2.28. The average molecular weight is 340 g/mol. The lowest BCUT2D eigenvalue weighted by Gasteiger charge is -2.15. The van der Waals surface area contributed by atoms with Crippen LogP contribution in [0.15, 0.2) is 47.3 Å². The molecule has 126 valence electrons. The molecule has 0 saturated heterocycles. The molecular weight excluding hydrogens is 316 g/mol. The maximum atomic E-state index is 12.6. The molecule has 0 aliphatic heterocycles. The fraction of sp³-hybridized carbons (Fsp3) is 0.381. The van der Waals surface area contributed by atoms with Crippen LogP contribution in [-0.4, -0.2) is 6.61 Å². The van der Waals surface area contributed by atoms with Crippen molar-refractivity contribution in [3.05, 3.63) is 52.7 Å². The van der Waals surface area contributed by atoms with E-state index in [4.69, 9.17) is 4.74 Å². The maximum absolute atomic E-state index is 12.6. The van der Waals surface area contributed by atoms with Crippen molar-refractivity contribution in [3.63, 3.8) is 0 Å². The zero-order valence-electron chi connectivity index (χ0n) is 14.4. The molecule has 0 N–H and O–H groups in total. The Balaban J connectivity index is 1.86. The van der Waals surface area contributed by atoms with Crippen LogP contribution in [0.5, 0.6) is 5.75 Å². The summed E-state index contributed by atoms with van der Waals surface area (Å²) < 4.78 is 8.05. The van der Waals surface area contributed by atoms with Crippen LogP contribution in [0, 0.1) is 5.92 Å². The lowest BCUT2D eigenvalue weighted by Crippen LogP contribution is -2.11. The molecule has 1 aromatic heterocycles. The molecular formula is C21H24O2S. The first-order valence-electron chi connectivity index (χ1n) is 8.81. The molecule has 1 heterocycles. The first kappa shape index (κ1) is 17.0. The van der Waals surface area contributed by atoms with Gasteiger partial charge >= 0.3 is 0 Å². The summed E-state index contributed by atoms with van der Waals surface area (Å²) in [5.41, 5.74) is 0.111. The van der Waals surface area contributed by atoms with Gasteiger partial charge in [-0.15, -0.1) is 11.3 Å². The first-order valence-corrected chi connectivity index (χ1v) is 9.63. The molecule has 3 aromatic rings. The lowest BCUT2D eigenvalue weighted by molar-refractivity contribution is 0.233. The van der Waals surface area contributed by atoms with Gasteiger partial charge in [0.25, 0.3) is 0 Å². The highest BCUT2D eigenvalue weighted by atomic mass is 32.1. The van der Waals surface area contributed by atoms with Crippen LogP contribution >= 0.6 is 11.3 Å². The van der Waals surface area contributed by atoms with Gasteiger partial charge in [-0.3, -0.25) is 4.79 Å². The fourth-order valence-electron chi connectivity index (χ4n) is 2.98. The highest BCUT2D eigenvalue weighted by molar-refractivity contribution is 7.24. The molecule has 0 aliphatic carbocycles. The van der Waals surface area contributed by atoms with Gasteiger partial charge < -0.3 is 4.74 Å². The van der Waals surface area contributed by atoms with Gasteiger partial charge in [0, 0.05) is 20.2 Å². The number of rotatable bonds is 7. The highest BCUT2D eigenvalue weighted by Gasteiger charge is 2.09. The molecule has 2 aromatic carbocycles. The van der Waals surface area contributed by atoms with Crippen molar-refractivity contribution in [3.8, 4) is 5.75 Å². The Labute approximate surface area is 147 Å². The Morgan fingerprint density at radius 1 is 1.04 bits per heavy atom. The van der Waals surface area contributed by atoms with Crippen LogP contribution in [-0.2, 0) is 0 Å². The third kappa shape index (κ3) is 3.62. The molecule has 3 heteroatoms. The van der Waals surface area contributed by atoms with Gasteiger partial charge in [-0.1, -0.05) is 45.2 Å². The third-order valence-electron chi connectivity index (χ3n) is 4.58. The van der Waals surface area contributed by atoms with E-state index in [0.29, 0.717) is 5.92 Å². The lowest BCUT2D eigenvalue weighted by atomic mass is 10.0. The summed E-state index contributed by atoms with van der Waals surface area (Å²) in [6.45, 7) is 5.20. The molecule has 0 aliphatic rings. The van der Waals surface area contributed by atoms with Gasteiger partial charge in [-0.05, 0) is 42.7 Å². The summed E-state index contributed by atoms with van der Waals surface area (Å²) in [5, 5.41) is 1.58. The zero-order chi connectivity index (χ0) is 16.9. The number of hydrogen-bond acceptors (Lipinski definition) is 3. The van der Waals surface area contributed by atoms with E-state index in [1.165, 1.54) is 19.3 Å². The quantitative estimate of drug-likeness (QED) is 0.492. The van der Waals surface area contributed by atoms with Crippen LogP contribution < -0.4 is 10.2 Å². The Bertz CT molecular complexity index is 882. The number of hydrogen-bond donors (Lipinski definition) is 0. The first-order chi connectivity index (χ1) is 11.7. The van der Waals surface area contributed by atoms with Gasteiger partial charge in [0.1, 0.15) is 5.75 Å². The SMILES string of the molecule is CCCCC(CC)COc1ccc2c(=O)c3ccccc3sc2c1. The Morgan fingerprint density at radius 2 is 1.83 bits per heavy atom. The summed E-state index contributed by atoms with van der Waals surface area (Å²) in [5.74, 6) is 1.47. The predicted molar refractivity (Wildman–Crippen MR) is 104 cm³/mol. The van der Waals surface area contributed by atoms with E-state index in [-0.39, 0.29) is 5.43 Å². The van der Waals surface area contributed by atoms with Gasteiger partial charge in [0.2, 0.25) is 0 Å². The van der Waals surface area contributed by atoms with E-state index in [1.54, 1.807) is 11.3 Å². The van der Waals surface area contributed by atoms with Gasteiger partial charge in [0.05, 0.1) is 6.61 Å². The summed E-state index contributed by atoms with van der Waals surface area (Å²) in [6.07, 6.45) is 4.85. The second-order valence-electron chi connectivity index (χ2n) is 6.31. The Hall–Kier alpha value is -1.87. The zero-order valence-corrected chi connectivity index (χ0v) is 15.2. The minimum Gasteiger partial charge on any atom is -0.493 e.